The number of thiophene rings is 1. The maximum atomic E-state index is 5.86. The molecule has 0 unspecified atom stereocenters. The van der Waals surface area contributed by atoms with Crippen molar-refractivity contribution < 1.29 is 24.5 Å². The van der Waals surface area contributed by atoms with Crippen LogP contribution in [0.15, 0.2) is 144 Å². The predicted molar refractivity (Wildman–Crippen MR) is 246 cm³/mol. The second kappa shape index (κ2) is 16.2. The van der Waals surface area contributed by atoms with Crippen molar-refractivity contribution in [3.8, 4) is 33.6 Å². The standard InChI is InChI=1S/C32H26NS.C20H18NOSi.Ir/c1-20(2)15-22-13-14-33-30(18-22)29-17-21(3)16-28-27-19-24(11-12-31(27)34-32(28)29)26-10-6-8-23-7-4-5-9-25(23)26;1-23(2,3)15-9-10-18(21-13-15)14-8-11-20-17(12-14)16-6-4-5-7-19(16)22-20;/h4-14,16,18-20H,15H2,1-3H3;4-7,9-13H,1-3H3;/q2*-1;. The molecular formula is C52H44IrN2OSSi-2. The first-order valence-corrected chi connectivity index (χ1v) is 24.0. The van der Waals surface area contributed by atoms with Crippen molar-refractivity contribution in [2.75, 3.05) is 0 Å². The monoisotopic (exact) mass is 965 g/mol. The molecule has 58 heavy (non-hydrogen) atoms. The maximum absolute atomic E-state index is 5.86. The van der Waals surface area contributed by atoms with Gasteiger partial charge < -0.3 is 14.4 Å². The molecule has 10 aromatic rings. The van der Waals surface area contributed by atoms with Gasteiger partial charge in [-0.15, -0.1) is 47.0 Å². The second-order valence-electron chi connectivity index (χ2n) is 16.5. The van der Waals surface area contributed by atoms with Crippen LogP contribution in [-0.4, -0.2) is 18.0 Å². The molecule has 0 bridgehead atoms. The Bertz CT molecular complexity index is 3080. The van der Waals surface area contributed by atoms with Gasteiger partial charge in [0.25, 0.3) is 0 Å². The van der Waals surface area contributed by atoms with Crippen LogP contribution in [-0.2, 0) is 26.5 Å². The fourth-order valence-corrected chi connectivity index (χ4v) is 10.0. The van der Waals surface area contributed by atoms with Gasteiger partial charge in [0.15, 0.2) is 0 Å². The maximum Gasteiger partial charge on any atom is 0.120 e. The molecule has 0 fully saturated rings. The molecule has 0 amide bonds. The molecule has 10 rings (SSSR count). The van der Waals surface area contributed by atoms with E-state index in [1.165, 1.54) is 52.8 Å². The van der Waals surface area contributed by atoms with E-state index in [9.17, 15) is 0 Å². The van der Waals surface area contributed by atoms with Crippen molar-refractivity contribution in [3.05, 3.63) is 163 Å². The molecule has 0 atom stereocenters. The van der Waals surface area contributed by atoms with E-state index in [2.05, 4.69) is 161 Å². The summed E-state index contributed by atoms with van der Waals surface area (Å²) in [5.74, 6) is 0.619. The molecule has 0 aliphatic carbocycles. The molecular weight excluding hydrogens is 921 g/mol. The van der Waals surface area contributed by atoms with Gasteiger partial charge in [-0.1, -0.05) is 142 Å². The number of furan rings is 1. The Balaban J connectivity index is 0.000000171. The zero-order valence-electron chi connectivity index (χ0n) is 33.6. The zero-order valence-corrected chi connectivity index (χ0v) is 37.8. The summed E-state index contributed by atoms with van der Waals surface area (Å²) >= 11 is 1.85. The number of benzene rings is 6. The summed E-state index contributed by atoms with van der Waals surface area (Å²) < 4.78 is 8.43. The summed E-state index contributed by atoms with van der Waals surface area (Å²) in [7, 11) is -1.31. The Kier molecular flexibility index (Phi) is 11.1. The molecule has 4 aromatic heterocycles. The van der Waals surface area contributed by atoms with Gasteiger partial charge in [0.05, 0.1) is 13.7 Å². The van der Waals surface area contributed by atoms with E-state index in [0.717, 1.165) is 56.4 Å². The van der Waals surface area contributed by atoms with Gasteiger partial charge in [-0.05, 0) is 85.2 Å². The molecule has 289 valence electrons. The zero-order chi connectivity index (χ0) is 39.3. The van der Waals surface area contributed by atoms with Crippen LogP contribution >= 0.6 is 11.3 Å². The van der Waals surface area contributed by atoms with Crippen molar-refractivity contribution in [2.45, 2.75) is 46.8 Å². The molecule has 0 N–H and O–H groups in total. The quantitative estimate of drug-likeness (QED) is 0.123. The largest absolute Gasteiger partial charge is 0.500 e. The summed E-state index contributed by atoms with van der Waals surface area (Å²) in [5.41, 5.74) is 10.9. The molecule has 3 nitrogen and oxygen atoms in total. The molecule has 0 aliphatic heterocycles. The minimum atomic E-state index is -1.31. The first-order chi connectivity index (χ1) is 27.6. The number of nitrogens with zero attached hydrogens (tertiary/aromatic N) is 2. The minimum absolute atomic E-state index is 0. The molecule has 6 aromatic carbocycles. The van der Waals surface area contributed by atoms with E-state index in [0.29, 0.717) is 5.92 Å². The SMILES string of the molecule is C[Si](C)(C)c1ccc(-c2[c-]cc3oc4ccccc4c3c2)nc1.Cc1[c-]c(-c2cc(CC(C)C)ccn2)c2sc3ccc(-c4cccc5ccccc45)cc3c2c1.[Ir]. The molecule has 0 saturated carbocycles. The first-order valence-electron chi connectivity index (χ1n) is 19.7. The van der Waals surface area contributed by atoms with Crippen molar-refractivity contribution in [2.24, 2.45) is 5.92 Å². The van der Waals surface area contributed by atoms with Crippen molar-refractivity contribution in [3.63, 3.8) is 0 Å². The summed E-state index contributed by atoms with van der Waals surface area (Å²) in [6.07, 6.45) is 5.03. The van der Waals surface area contributed by atoms with E-state index in [4.69, 9.17) is 9.40 Å². The predicted octanol–water partition coefficient (Wildman–Crippen LogP) is 14.2. The van der Waals surface area contributed by atoms with Gasteiger partial charge in [-0.3, -0.25) is 0 Å². The first kappa shape index (κ1) is 39.6. The summed E-state index contributed by atoms with van der Waals surface area (Å²) in [5, 5.41) is 8.79. The van der Waals surface area contributed by atoms with Gasteiger partial charge in [0.1, 0.15) is 5.58 Å². The van der Waals surface area contributed by atoms with Crippen LogP contribution in [0.2, 0.25) is 19.6 Å². The number of pyridine rings is 2. The van der Waals surface area contributed by atoms with Crippen LogP contribution in [0.1, 0.15) is 25.0 Å². The Morgan fingerprint density at radius 1 is 0.707 bits per heavy atom. The van der Waals surface area contributed by atoms with Gasteiger partial charge >= 0.3 is 0 Å². The van der Waals surface area contributed by atoms with Crippen molar-refractivity contribution in [1.82, 2.24) is 9.97 Å². The molecule has 0 spiro atoms. The van der Waals surface area contributed by atoms with Gasteiger partial charge in [-0.2, -0.15) is 11.3 Å². The average Bonchev–Trinajstić information content (AvgIpc) is 3.78. The van der Waals surface area contributed by atoms with Crippen LogP contribution in [0.3, 0.4) is 0 Å². The van der Waals surface area contributed by atoms with Gasteiger partial charge in [-0.25, -0.2) is 0 Å². The van der Waals surface area contributed by atoms with E-state index < -0.39 is 8.07 Å². The summed E-state index contributed by atoms with van der Waals surface area (Å²) in [6, 6.07) is 52.1. The van der Waals surface area contributed by atoms with Crippen LogP contribution in [0.5, 0.6) is 0 Å². The average molecular weight is 965 g/mol. The Morgan fingerprint density at radius 3 is 2.29 bits per heavy atom. The number of hydrogen-bond acceptors (Lipinski definition) is 4. The normalized spacial score (nSPS) is 11.7. The Morgan fingerprint density at radius 2 is 1.50 bits per heavy atom. The van der Waals surface area contributed by atoms with Gasteiger partial charge in [0, 0.05) is 42.6 Å². The van der Waals surface area contributed by atoms with E-state index in [1.807, 2.05) is 48.0 Å². The fraction of sp³-hybridized carbons (Fsp3) is 0.154. The van der Waals surface area contributed by atoms with Crippen molar-refractivity contribution >= 4 is 77.5 Å². The molecule has 0 saturated heterocycles. The Labute approximate surface area is 359 Å². The smallest absolute Gasteiger partial charge is 0.120 e. The Hall–Kier alpha value is -5.23. The van der Waals surface area contributed by atoms with E-state index >= 15 is 0 Å². The fourth-order valence-electron chi connectivity index (χ4n) is 7.80. The van der Waals surface area contributed by atoms with Crippen LogP contribution in [0.4, 0.5) is 0 Å². The van der Waals surface area contributed by atoms with Crippen LogP contribution in [0.25, 0.3) is 86.5 Å². The number of hydrogen-bond donors (Lipinski definition) is 0. The third-order valence-corrected chi connectivity index (χ3v) is 13.9. The second-order valence-corrected chi connectivity index (χ2v) is 22.6. The van der Waals surface area contributed by atoms with Crippen LogP contribution in [0, 0.1) is 25.0 Å². The molecule has 0 aliphatic rings. The van der Waals surface area contributed by atoms with Gasteiger partial charge in [0.2, 0.25) is 0 Å². The third kappa shape index (κ3) is 7.82. The molecule has 4 heterocycles. The topological polar surface area (TPSA) is 38.9 Å². The number of rotatable bonds is 6. The van der Waals surface area contributed by atoms with E-state index in [-0.39, 0.29) is 20.1 Å². The summed E-state index contributed by atoms with van der Waals surface area (Å²) in [4.78, 5) is 9.41. The third-order valence-electron chi connectivity index (χ3n) is 10.7. The molecule has 6 heteroatoms. The minimum Gasteiger partial charge on any atom is -0.500 e. The summed E-state index contributed by atoms with van der Waals surface area (Å²) in [6.45, 7) is 13.7. The number of aromatic nitrogens is 2. The number of aryl methyl sites for hydroxylation is 1. The number of fused-ring (bicyclic) bond motifs is 7. The van der Waals surface area contributed by atoms with Crippen LogP contribution < -0.4 is 5.19 Å². The molecule has 1 radical (unpaired) electrons. The van der Waals surface area contributed by atoms with Crippen molar-refractivity contribution in [1.29, 1.82) is 0 Å². The van der Waals surface area contributed by atoms with E-state index in [1.54, 1.807) is 0 Å². The number of para-hydroxylation sites is 1.